The summed E-state index contributed by atoms with van der Waals surface area (Å²) < 4.78 is 40.1. The van der Waals surface area contributed by atoms with Crippen LogP contribution in [-0.4, -0.2) is 18.8 Å². The second-order valence-electron chi connectivity index (χ2n) is 2.74. The Morgan fingerprint density at radius 2 is 2.17 bits per heavy atom. The van der Waals surface area contributed by atoms with E-state index in [0.717, 1.165) is 0 Å². The van der Waals surface area contributed by atoms with E-state index < -0.39 is 24.0 Å². The molecule has 70 valence electrons. The Bertz CT molecular complexity index is 188. The van der Waals surface area contributed by atoms with Crippen LogP contribution >= 0.6 is 0 Å². The summed E-state index contributed by atoms with van der Waals surface area (Å²) in [5.74, 6) is -3.12. The largest absolute Gasteiger partial charge is 0.466 e. The molecule has 1 rings (SSSR count). The molecular weight excluding hydrogens is 173 g/mol. The number of esters is 1. The normalized spacial score (nSPS) is 28.3. The molecular formula is C7H9F3O2. The number of hydrogen-bond donors (Lipinski definition) is 0. The van der Waals surface area contributed by atoms with Crippen LogP contribution in [0.5, 0.6) is 0 Å². The molecule has 0 unspecified atom stereocenters. The van der Waals surface area contributed by atoms with E-state index in [-0.39, 0.29) is 13.0 Å². The standard InChI is InChI=1S/C7H9F3O2/c1-2-12-6(11)4-3-5(4)7(8,9)10/h4-5H,2-3H2,1H3/t4-,5-/m0/s1. The third-order valence-corrected chi connectivity index (χ3v) is 1.80. The van der Waals surface area contributed by atoms with Gasteiger partial charge in [-0.3, -0.25) is 4.79 Å². The Morgan fingerprint density at radius 1 is 1.58 bits per heavy atom. The van der Waals surface area contributed by atoms with Crippen LogP contribution in [0.25, 0.3) is 0 Å². The molecule has 12 heavy (non-hydrogen) atoms. The molecule has 1 fully saturated rings. The van der Waals surface area contributed by atoms with Crippen molar-refractivity contribution in [2.75, 3.05) is 6.61 Å². The molecule has 0 aliphatic heterocycles. The Balaban J connectivity index is 2.37. The molecule has 0 aromatic carbocycles. The molecule has 0 saturated heterocycles. The topological polar surface area (TPSA) is 26.3 Å². The summed E-state index contributed by atoms with van der Waals surface area (Å²) in [5.41, 5.74) is 0. The van der Waals surface area contributed by atoms with Crippen molar-refractivity contribution in [2.24, 2.45) is 11.8 Å². The zero-order chi connectivity index (χ0) is 9.35. The smallest absolute Gasteiger partial charge is 0.392 e. The monoisotopic (exact) mass is 182 g/mol. The molecule has 5 heteroatoms. The maximum absolute atomic E-state index is 11.9. The summed E-state index contributed by atoms with van der Waals surface area (Å²) in [5, 5.41) is 0. The van der Waals surface area contributed by atoms with Crippen LogP contribution in [-0.2, 0) is 9.53 Å². The third-order valence-electron chi connectivity index (χ3n) is 1.80. The molecule has 1 aliphatic rings. The first-order valence-electron chi connectivity index (χ1n) is 3.70. The van der Waals surface area contributed by atoms with Gasteiger partial charge in [0.15, 0.2) is 0 Å². The molecule has 0 bridgehead atoms. The quantitative estimate of drug-likeness (QED) is 0.608. The Hall–Kier alpha value is -0.740. The number of alkyl halides is 3. The first kappa shape index (κ1) is 9.35. The van der Waals surface area contributed by atoms with Crippen LogP contribution in [0.1, 0.15) is 13.3 Å². The third kappa shape index (κ3) is 1.89. The van der Waals surface area contributed by atoms with Crippen LogP contribution in [0, 0.1) is 11.8 Å². The van der Waals surface area contributed by atoms with Crippen molar-refractivity contribution < 1.29 is 22.7 Å². The number of hydrogen-bond acceptors (Lipinski definition) is 2. The SMILES string of the molecule is CCOC(=O)[C@H]1C[C@@H]1C(F)(F)F. The molecule has 0 aromatic heterocycles. The van der Waals surface area contributed by atoms with E-state index in [4.69, 9.17) is 0 Å². The minimum Gasteiger partial charge on any atom is -0.466 e. The lowest BCUT2D eigenvalue weighted by atomic mass is 10.3. The molecule has 1 aliphatic carbocycles. The summed E-state index contributed by atoms with van der Waals surface area (Å²) in [6.07, 6.45) is -4.35. The number of carbonyl (C=O) groups is 1. The van der Waals surface area contributed by atoms with Crippen molar-refractivity contribution in [1.29, 1.82) is 0 Å². The van der Waals surface area contributed by atoms with E-state index in [0.29, 0.717) is 0 Å². The highest BCUT2D eigenvalue weighted by Gasteiger charge is 2.59. The van der Waals surface area contributed by atoms with Gasteiger partial charge in [-0.1, -0.05) is 0 Å². The van der Waals surface area contributed by atoms with Crippen molar-refractivity contribution in [3.05, 3.63) is 0 Å². The molecule has 2 nitrogen and oxygen atoms in total. The van der Waals surface area contributed by atoms with E-state index in [1.54, 1.807) is 6.92 Å². The van der Waals surface area contributed by atoms with Gasteiger partial charge in [0.05, 0.1) is 18.4 Å². The highest BCUT2D eigenvalue weighted by molar-refractivity contribution is 5.75. The van der Waals surface area contributed by atoms with Gasteiger partial charge in [-0.15, -0.1) is 0 Å². The summed E-state index contributed by atoms with van der Waals surface area (Å²) >= 11 is 0. The second-order valence-corrected chi connectivity index (χ2v) is 2.74. The van der Waals surface area contributed by atoms with Crippen molar-refractivity contribution in [3.8, 4) is 0 Å². The van der Waals surface area contributed by atoms with E-state index in [2.05, 4.69) is 4.74 Å². The van der Waals surface area contributed by atoms with Crippen LogP contribution < -0.4 is 0 Å². The van der Waals surface area contributed by atoms with Gasteiger partial charge >= 0.3 is 12.1 Å². The Labute approximate surface area is 67.7 Å². The predicted octanol–water partition coefficient (Wildman–Crippen LogP) is 1.75. The first-order chi connectivity index (χ1) is 5.46. The van der Waals surface area contributed by atoms with Crippen molar-refractivity contribution in [1.82, 2.24) is 0 Å². The maximum atomic E-state index is 11.9. The maximum Gasteiger partial charge on any atom is 0.392 e. The van der Waals surface area contributed by atoms with Gasteiger partial charge < -0.3 is 4.74 Å². The summed E-state index contributed by atoms with van der Waals surface area (Å²) in [7, 11) is 0. The van der Waals surface area contributed by atoms with Crippen LogP contribution in [0.3, 0.4) is 0 Å². The van der Waals surface area contributed by atoms with E-state index >= 15 is 0 Å². The molecule has 1 saturated carbocycles. The predicted molar refractivity (Wildman–Crippen MR) is 34.3 cm³/mol. The fourth-order valence-corrected chi connectivity index (χ4v) is 1.07. The zero-order valence-corrected chi connectivity index (χ0v) is 6.52. The number of carbonyl (C=O) groups excluding carboxylic acids is 1. The molecule has 0 N–H and O–H groups in total. The van der Waals surface area contributed by atoms with Gasteiger partial charge in [0.2, 0.25) is 0 Å². The lowest BCUT2D eigenvalue weighted by Crippen LogP contribution is -2.16. The van der Waals surface area contributed by atoms with Gasteiger partial charge in [-0.05, 0) is 13.3 Å². The van der Waals surface area contributed by atoms with Crippen LogP contribution in [0.15, 0.2) is 0 Å². The summed E-state index contributed by atoms with van der Waals surface area (Å²) in [4.78, 5) is 10.7. The average Bonchev–Trinajstić information content (AvgIpc) is 2.62. The molecule has 0 heterocycles. The lowest BCUT2D eigenvalue weighted by Gasteiger charge is -2.04. The average molecular weight is 182 g/mol. The van der Waals surface area contributed by atoms with Crippen molar-refractivity contribution >= 4 is 5.97 Å². The second kappa shape index (κ2) is 2.95. The van der Waals surface area contributed by atoms with Crippen LogP contribution in [0.2, 0.25) is 0 Å². The minimum absolute atomic E-state index is 0.109. The van der Waals surface area contributed by atoms with Gasteiger partial charge in [0, 0.05) is 0 Å². The van der Waals surface area contributed by atoms with E-state index in [1.165, 1.54) is 0 Å². The fourth-order valence-electron chi connectivity index (χ4n) is 1.07. The number of rotatable bonds is 2. The molecule has 0 radical (unpaired) electrons. The highest BCUT2D eigenvalue weighted by Crippen LogP contribution is 2.50. The summed E-state index contributed by atoms with van der Waals surface area (Å²) in [6, 6.07) is 0. The van der Waals surface area contributed by atoms with Crippen LogP contribution in [0.4, 0.5) is 13.2 Å². The molecule has 0 aromatic rings. The molecule has 2 atom stereocenters. The fraction of sp³-hybridized carbons (Fsp3) is 0.857. The van der Waals surface area contributed by atoms with E-state index in [1.807, 2.05) is 0 Å². The van der Waals surface area contributed by atoms with Crippen molar-refractivity contribution in [3.63, 3.8) is 0 Å². The van der Waals surface area contributed by atoms with E-state index in [9.17, 15) is 18.0 Å². The molecule has 0 amide bonds. The summed E-state index contributed by atoms with van der Waals surface area (Å²) in [6.45, 7) is 1.71. The first-order valence-corrected chi connectivity index (χ1v) is 3.70. The highest BCUT2D eigenvalue weighted by atomic mass is 19.4. The van der Waals surface area contributed by atoms with Gasteiger partial charge in [-0.25, -0.2) is 0 Å². The molecule has 0 spiro atoms. The van der Waals surface area contributed by atoms with Gasteiger partial charge in [0.25, 0.3) is 0 Å². The Kier molecular flexibility index (Phi) is 2.30. The minimum atomic E-state index is -4.24. The lowest BCUT2D eigenvalue weighted by molar-refractivity contribution is -0.162. The number of halogens is 3. The van der Waals surface area contributed by atoms with Gasteiger partial charge in [0.1, 0.15) is 0 Å². The van der Waals surface area contributed by atoms with Crippen molar-refractivity contribution in [2.45, 2.75) is 19.5 Å². The van der Waals surface area contributed by atoms with Gasteiger partial charge in [-0.2, -0.15) is 13.2 Å². The number of ether oxygens (including phenoxy) is 1. The zero-order valence-electron chi connectivity index (χ0n) is 6.52. The Morgan fingerprint density at radius 3 is 2.50 bits per heavy atom.